The van der Waals surface area contributed by atoms with E-state index in [-0.39, 0.29) is 17.7 Å². The van der Waals surface area contributed by atoms with Crippen molar-refractivity contribution in [3.05, 3.63) is 88.0 Å². The molecule has 0 atom stereocenters. The number of anilines is 2. The monoisotopic (exact) mass is 482 g/mol. The molecule has 1 fully saturated rings. The molecule has 1 aromatic heterocycles. The Morgan fingerprint density at radius 1 is 0.939 bits per heavy atom. The van der Waals surface area contributed by atoms with Crippen LogP contribution in [-0.2, 0) is 11.3 Å². The van der Waals surface area contributed by atoms with Crippen molar-refractivity contribution in [1.29, 1.82) is 0 Å². The van der Waals surface area contributed by atoms with Crippen LogP contribution in [0.25, 0.3) is 0 Å². The van der Waals surface area contributed by atoms with Gasteiger partial charge in [0.2, 0.25) is 5.91 Å². The van der Waals surface area contributed by atoms with E-state index >= 15 is 0 Å². The van der Waals surface area contributed by atoms with E-state index in [0.29, 0.717) is 22.1 Å². The van der Waals surface area contributed by atoms with E-state index in [2.05, 4.69) is 26.6 Å². The number of piperidine rings is 1. The molecule has 0 spiro atoms. The third kappa shape index (κ3) is 6.32. The lowest BCUT2D eigenvalue weighted by atomic mass is 9.95. The Labute approximate surface area is 202 Å². The maximum atomic E-state index is 12.9. The summed E-state index contributed by atoms with van der Waals surface area (Å²) in [4.78, 5) is 32.1. The molecule has 1 saturated heterocycles. The number of benzene rings is 2. The minimum Gasteiger partial charge on any atom is -0.325 e. The van der Waals surface area contributed by atoms with Crippen LogP contribution in [0.4, 0.5) is 11.5 Å². The maximum Gasteiger partial charge on any atom is 0.258 e. The number of nitrogens with one attached hydrogen (secondary N) is 2. The highest BCUT2D eigenvalue weighted by Crippen LogP contribution is 2.24. The van der Waals surface area contributed by atoms with E-state index in [9.17, 15) is 9.59 Å². The number of halogens is 2. The number of pyridine rings is 1. The maximum absolute atomic E-state index is 12.9. The van der Waals surface area contributed by atoms with E-state index in [1.54, 1.807) is 36.4 Å². The standard InChI is InChI=1S/C25H24Cl2N4O2/c26-19-5-3-4-17(14-19)16-31-12-10-18(11-13-31)24(32)29-22-7-2-1-6-21(22)25(33)30-23-9-8-20(27)15-28-23/h1-9,14-15,18H,10-13,16H2,(H,29,32)(H,28,30,33). The molecule has 6 nitrogen and oxygen atoms in total. The topological polar surface area (TPSA) is 74.3 Å². The van der Waals surface area contributed by atoms with E-state index in [1.807, 2.05) is 18.2 Å². The number of rotatable bonds is 6. The average molecular weight is 483 g/mol. The summed E-state index contributed by atoms with van der Waals surface area (Å²) in [5.74, 6) is -0.133. The van der Waals surface area contributed by atoms with Gasteiger partial charge in [-0.2, -0.15) is 0 Å². The molecule has 0 aliphatic carbocycles. The molecule has 8 heteroatoms. The number of para-hydroxylation sites is 1. The second-order valence-corrected chi connectivity index (χ2v) is 8.90. The Hall–Kier alpha value is -2.93. The summed E-state index contributed by atoms with van der Waals surface area (Å²) in [5, 5.41) is 6.90. The number of hydrogen-bond acceptors (Lipinski definition) is 4. The molecular formula is C25H24Cl2N4O2. The Balaban J connectivity index is 1.34. The summed E-state index contributed by atoms with van der Waals surface area (Å²) in [5.41, 5.74) is 2.02. The van der Waals surface area contributed by atoms with Gasteiger partial charge in [0.25, 0.3) is 5.91 Å². The summed E-state index contributed by atoms with van der Waals surface area (Å²) in [6, 6.07) is 18.1. The second kappa shape index (κ2) is 10.8. The normalized spacial score (nSPS) is 14.6. The zero-order valence-corrected chi connectivity index (χ0v) is 19.4. The van der Waals surface area contributed by atoms with Crippen LogP contribution >= 0.6 is 23.2 Å². The van der Waals surface area contributed by atoms with Gasteiger partial charge < -0.3 is 10.6 Å². The number of nitrogens with zero attached hydrogens (tertiary/aromatic N) is 2. The van der Waals surface area contributed by atoms with Crippen LogP contribution in [0.2, 0.25) is 10.0 Å². The Kier molecular flexibility index (Phi) is 7.60. The second-order valence-electron chi connectivity index (χ2n) is 8.03. The quantitative estimate of drug-likeness (QED) is 0.486. The first-order valence-electron chi connectivity index (χ1n) is 10.8. The molecule has 2 aromatic carbocycles. The zero-order chi connectivity index (χ0) is 23.2. The van der Waals surface area contributed by atoms with E-state index in [1.165, 1.54) is 11.8 Å². The summed E-state index contributed by atoms with van der Waals surface area (Å²) in [6.45, 7) is 2.47. The Morgan fingerprint density at radius 3 is 2.45 bits per heavy atom. The molecule has 2 N–H and O–H groups in total. The Bertz CT molecular complexity index is 1130. The van der Waals surface area contributed by atoms with Crippen molar-refractivity contribution in [2.75, 3.05) is 23.7 Å². The molecule has 2 amide bonds. The van der Waals surface area contributed by atoms with Crippen LogP contribution in [-0.4, -0.2) is 34.8 Å². The molecule has 0 saturated carbocycles. The van der Waals surface area contributed by atoms with Gasteiger partial charge >= 0.3 is 0 Å². The summed E-state index contributed by atoms with van der Waals surface area (Å²) in [6.07, 6.45) is 2.98. The molecular weight excluding hydrogens is 459 g/mol. The predicted octanol–water partition coefficient (Wildman–Crippen LogP) is 5.49. The zero-order valence-electron chi connectivity index (χ0n) is 17.9. The van der Waals surface area contributed by atoms with Gasteiger partial charge in [-0.3, -0.25) is 14.5 Å². The molecule has 170 valence electrons. The third-order valence-electron chi connectivity index (χ3n) is 5.65. The first-order valence-corrected chi connectivity index (χ1v) is 11.5. The fourth-order valence-electron chi connectivity index (χ4n) is 3.91. The number of hydrogen-bond donors (Lipinski definition) is 2. The molecule has 3 aromatic rings. The number of aromatic nitrogens is 1. The van der Waals surface area contributed by atoms with Gasteiger partial charge in [0.15, 0.2) is 0 Å². The van der Waals surface area contributed by atoms with Gasteiger partial charge in [0, 0.05) is 23.7 Å². The summed E-state index contributed by atoms with van der Waals surface area (Å²) < 4.78 is 0. The lowest BCUT2D eigenvalue weighted by Crippen LogP contribution is -2.38. The number of carbonyl (C=O) groups is 2. The van der Waals surface area contributed by atoms with Crippen molar-refractivity contribution in [2.24, 2.45) is 5.92 Å². The highest BCUT2D eigenvalue weighted by Gasteiger charge is 2.26. The first-order chi connectivity index (χ1) is 16.0. The average Bonchev–Trinajstić information content (AvgIpc) is 2.81. The van der Waals surface area contributed by atoms with Crippen molar-refractivity contribution in [3.8, 4) is 0 Å². The predicted molar refractivity (Wildman–Crippen MR) is 132 cm³/mol. The van der Waals surface area contributed by atoms with Gasteiger partial charge in [-0.25, -0.2) is 4.98 Å². The van der Waals surface area contributed by atoms with Gasteiger partial charge in [-0.1, -0.05) is 47.5 Å². The third-order valence-corrected chi connectivity index (χ3v) is 6.11. The summed E-state index contributed by atoms with van der Waals surface area (Å²) in [7, 11) is 0. The molecule has 2 heterocycles. The molecule has 0 bridgehead atoms. The smallest absolute Gasteiger partial charge is 0.258 e. The first kappa shape index (κ1) is 23.2. The fraction of sp³-hybridized carbons (Fsp3) is 0.240. The van der Waals surface area contributed by atoms with Crippen LogP contribution in [0.15, 0.2) is 66.9 Å². The largest absolute Gasteiger partial charge is 0.325 e. The van der Waals surface area contributed by atoms with Gasteiger partial charge in [0.05, 0.1) is 16.3 Å². The summed E-state index contributed by atoms with van der Waals surface area (Å²) >= 11 is 11.9. The van der Waals surface area contributed by atoms with Crippen molar-refractivity contribution in [2.45, 2.75) is 19.4 Å². The van der Waals surface area contributed by atoms with Crippen LogP contribution in [0.1, 0.15) is 28.8 Å². The minimum absolute atomic E-state index is 0.0673. The minimum atomic E-state index is -0.350. The van der Waals surface area contributed by atoms with Gasteiger partial charge in [0.1, 0.15) is 5.82 Å². The molecule has 1 aliphatic rings. The highest BCUT2D eigenvalue weighted by atomic mass is 35.5. The number of likely N-dealkylation sites (tertiary alicyclic amines) is 1. The lowest BCUT2D eigenvalue weighted by molar-refractivity contribution is -0.121. The van der Waals surface area contributed by atoms with Crippen molar-refractivity contribution >= 4 is 46.5 Å². The lowest BCUT2D eigenvalue weighted by Gasteiger charge is -2.31. The molecule has 33 heavy (non-hydrogen) atoms. The number of amides is 2. The molecule has 1 aliphatic heterocycles. The molecule has 0 unspecified atom stereocenters. The van der Waals surface area contributed by atoms with Crippen molar-refractivity contribution in [1.82, 2.24) is 9.88 Å². The van der Waals surface area contributed by atoms with E-state index in [0.717, 1.165) is 37.5 Å². The van der Waals surface area contributed by atoms with E-state index < -0.39 is 0 Å². The fourth-order valence-corrected chi connectivity index (χ4v) is 4.23. The van der Waals surface area contributed by atoms with Crippen LogP contribution in [0, 0.1) is 5.92 Å². The van der Waals surface area contributed by atoms with Crippen molar-refractivity contribution in [3.63, 3.8) is 0 Å². The molecule has 4 rings (SSSR count). The van der Waals surface area contributed by atoms with Crippen LogP contribution < -0.4 is 10.6 Å². The van der Waals surface area contributed by atoms with Crippen LogP contribution in [0.5, 0.6) is 0 Å². The number of carbonyl (C=O) groups excluding carboxylic acids is 2. The van der Waals surface area contributed by atoms with E-state index in [4.69, 9.17) is 23.2 Å². The highest BCUT2D eigenvalue weighted by molar-refractivity contribution is 6.30. The SMILES string of the molecule is O=C(Nc1ccc(Cl)cn1)c1ccccc1NC(=O)C1CCN(Cc2cccc(Cl)c2)CC1. The molecule has 0 radical (unpaired) electrons. The van der Waals surface area contributed by atoms with Crippen molar-refractivity contribution < 1.29 is 9.59 Å². The van der Waals surface area contributed by atoms with Gasteiger partial charge in [-0.05, 0) is 67.9 Å². The Morgan fingerprint density at radius 2 is 1.73 bits per heavy atom. The van der Waals surface area contributed by atoms with Gasteiger partial charge in [-0.15, -0.1) is 0 Å². The van der Waals surface area contributed by atoms with Crippen LogP contribution in [0.3, 0.4) is 0 Å².